The van der Waals surface area contributed by atoms with Gasteiger partial charge in [0.1, 0.15) is 6.61 Å². The van der Waals surface area contributed by atoms with E-state index in [1.807, 2.05) is 30.3 Å². The summed E-state index contributed by atoms with van der Waals surface area (Å²) in [5, 5.41) is 0. The van der Waals surface area contributed by atoms with E-state index in [0.717, 1.165) is 5.56 Å². The van der Waals surface area contributed by atoms with Crippen molar-refractivity contribution in [3.63, 3.8) is 0 Å². The summed E-state index contributed by atoms with van der Waals surface area (Å²) in [6.45, 7) is 3.72. The van der Waals surface area contributed by atoms with Crippen molar-refractivity contribution >= 4 is 18.4 Å². The van der Waals surface area contributed by atoms with Crippen LogP contribution in [0.15, 0.2) is 43.0 Å². The maximum absolute atomic E-state index is 11.3. The summed E-state index contributed by atoms with van der Waals surface area (Å²) >= 11 is 0. The zero-order valence-electron chi connectivity index (χ0n) is 9.67. The molecule has 4 heteroatoms. The van der Waals surface area contributed by atoms with E-state index in [1.165, 1.54) is 0 Å². The van der Waals surface area contributed by atoms with E-state index < -0.39 is 0 Å². The Kier molecular flexibility index (Phi) is 8.11. The average molecular weight is 256 g/mol. The molecule has 0 spiro atoms. The maximum atomic E-state index is 11.3. The highest BCUT2D eigenvalue weighted by molar-refractivity contribution is 5.85. The number of rotatable bonds is 6. The second kappa shape index (κ2) is 8.79. The fraction of sp³-hybridized carbons (Fsp3) is 0.308. The van der Waals surface area contributed by atoms with E-state index in [4.69, 9.17) is 10.5 Å². The van der Waals surface area contributed by atoms with Crippen molar-refractivity contribution in [3.05, 3.63) is 48.6 Å². The van der Waals surface area contributed by atoms with Gasteiger partial charge in [-0.3, -0.25) is 4.79 Å². The van der Waals surface area contributed by atoms with Crippen LogP contribution in [0.5, 0.6) is 0 Å². The van der Waals surface area contributed by atoms with Crippen LogP contribution in [0.3, 0.4) is 0 Å². The van der Waals surface area contributed by atoms with Gasteiger partial charge in [-0.05, 0) is 12.0 Å². The Hall–Kier alpha value is -1.32. The molecule has 1 atom stereocenters. The molecule has 0 radical (unpaired) electrons. The molecule has 1 aromatic rings. The number of carbonyl (C=O) groups excluding carboxylic acids is 1. The molecule has 0 aliphatic rings. The number of ether oxygens (including phenoxy) is 1. The van der Waals surface area contributed by atoms with Crippen molar-refractivity contribution in [2.24, 2.45) is 5.73 Å². The van der Waals surface area contributed by atoms with Crippen molar-refractivity contribution in [2.45, 2.75) is 18.9 Å². The van der Waals surface area contributed by atoms with Gasteiger partial charge in [0.25, 0.3) is 0 Å². The SMILES string of the molecule is C=CCOC(=O)CC(N)Cc1ccccc1.Cl. The minimum Gasteiger partial charge on any atom is -0.461 e. The number of esters is 1. The molecule has 0 aromatic heterocycles. The van der Waals surface area contributed by atoms with Gasteiger partial charge in [0, 0.05) is 6.04 Å². The van der Waals surface area contributed by atoms with E-state index in [2.05, 4.69) is 6.58 Å². The van der Waals surface area contributed by atoms with Gasteiger partial charge >= 0.3 is 5.97 Å². The molecular formula is C13H18ClNO2. The molecule has 1 rings (SSSR count). The summed E-state index contributed by atoms with van der Waals surface area (Å²) in [7, 11) is 0. The molecule has 17 heavy (non-hydrogen) atoms. The van der Waals surface area contributed by atoms with Gasteiger partial charge < -0.3 is 10.5 Å². The van der Waals surface area contributed by atoms with Crippen LogP contribution < -0.4 is 5.73 Å². The molecule has 0 bridgehead atoms. The van der Waals surface area contributed by atoms with Crippen LogP contribution in [0.25, 0.3) is 0 Å². The average Bonchev–Trinajstić information content (AvgIpc) is 2.27. The normalized spacial score (nSPS) is 11.1. The minimum absolute atomic E-state index is 0. The first-order valence-corrected chi connectivity index (χ1v) is 5.28. The molecule has 94 valence electrons. The third kappa shape index (κ3) is 6.76. The van der Waals surface area contributed by atoms with Gasteiger partial charge in [-0.2, -0.15) is 0 Å². The predicted molar refractivity (Wildman–Crippen MR) is 71.1 cm³/mol. The molecule has 0 saturated heterocycles. The lowest BCUT2D eigenvalue weighted by molar-refractivity contribution is -0.142. The molecule has 1 unspecified atom stereocenters. The number of hydrogen-bond donors (Lipinski definition) is 1. The molecule has 1 aromatic carbocycles. The molecule has 0 fully saturated rings. The first kappa shape index (κ1) is 15.7. The second-order valence-electron chi connectivity index (χ2n) is 3.63. The fourth-order valence-electron chi connectivity index (χ4n) is 1.41. The standard InChI is InChI=1S/C13H17NO2.ClH/c1-2-8-16-13(15)10-12(14)9-11-6-4-3-5-7-11;/h2-7,12H,1,8-10,14H2;1H. The van der Waals surface area contributed by atoms with Gasteiger partial charge in [-0.1, -0.05) is 43.0 Å². The van der Waals surface area contributed by atoms with Crippen LogP contribution in [-0.4, -0.2) is 18.6 Å². The summed E-state index contributed by atoms with van der Waals surface area (Å²) in [4.78, 5) is 11.3. The third-order valence-corrected chi connectivity index (χ3v) is 2.13. The topological polar surface area (TPSA) is 52.3 Å². The van der Waals surface area contributed by atoms with Crippen LogP contribution in [0.4, 0.5) is 0 Å². The highest BCUT2D eigenvalue weighted by Crippen LogP contribution is 2.04. The predicted octanol–water partition coefficient (Wildman–Crippen LogP) is 2.10. The summed E-state index contributed by atoms with van der Waals surface area (Å²) in [5.41, 5.74) is 6.98. The first-order valence-electron chi connectivity index (χ1n) is 5.28. The Morgan fingerprint density at radius 2 is 2.06 bits per heavy atom. The maximum Gasteiger partial charge on any atom is 0.307 e. The van der Waals surface area contributed by atoms with E-state index in [-0.39, 0.29) is 37.4 Å². The number of nitrogens with two attached hydrogens (primary N) is 1. The summed E-state index contributed by atoms with van der Waals surface area (Å²) in [5.74, 6) is -0.275. The third-order valence-electron chi connectivity index (χ3n) is 2.13. The minimum atomic E-state index is -0.275. The lowest BCUT2D eigenvalue weighted by Crippen LogP contribution is -2.27. The number of carbonyl (C=O) groups is 1. The summed E-state index contributed by atoms with van der Waals surface area (Å²) < 4.78 is 4.86. The summed E-state index contributed by atoms with van der Waals surface area (Å²) in [6.07, 6.45) is 2.47. The molecule has 2 N–H and O–H groups in total. The molecule has 0 saturated carbocycles. The Balaban J connectivity index is 0.00000256. The monoisotopic (exact) mass is 255 g/mol. The zero-order chi connectivity index (χ0) is 11.8. The highest BCUT2D eigenvalue weighted by Gasteiger charge is 2.10. The van der Waals surface area contributed by atoms with Crippen molar-refractivity contribution < 1.29 is 9.53 Å². The Labute approximate surface area is 108 Å². The van der Waals surface area contributed by atoms with Gasteiger partial charge in [-0.15, -0.1) is 12.4 Å². The van der Waals surface area contributed by atoms with Crippen LogP contribution in [0.2, 0.25) is 0 Å². The Morgan fingerprint density at radius 3 is 2.65 bits per heavy atom. The Bertz CT molecular complexity index is 341. The molecular weight excluding hydrogens is 238 g/mol. The van der Waals surface area contributed by atoms with Crippen LogP contribution >= 0.6 is 12.4 Å². The summed E-state index contributed by atoms with van der Waals surface area (Å²) in [6, 6.07) is 9.66. The van der Waals surface area contributed by atoms with Gasteiger partial charge in [0.2, 0.25) is 0 Å². The smallest absolute Gasteiger partial charge is 0.307 e. The molecule has 3 nitrogen and oxygen atoms in total. The quantitative estimate of drug-likeness (QED) is 0.626. The molecule has 0 aliphatic carbocycles. The Morgan fingerprint density at radius 1 is 1.41 bits per heavy atom. The van der Waals surface area contributed by atoms with Crippen molar-refractivity contribution in [1.29, 1.82) is 0 Å². The lowest BCUT2D eigenvalue weighted by Gasteiger charge is -2.10. The number of halogens is 1. The fourth-order valence-corrected chi connectivity index (χ4v) is 1.41. The van der Waals surface area contributed by atoms with Gasteiger partial charge in [-0.25, -0.2) is 0 Å². The van der Waals surface area contributed by atoms with Crippen molar-refractivity contribution in [1.82, 2.24) is 0 Å². The van der Waals surface area contributed by atoms with Crippen molar-refractivity contribution in [3.8, 4) is 0 Å². The molecule has 0 aliphatic heterocycles. The van der Waals surface area contributed by atoms with E-state index in [1.54, 1.807) is 6.08 Å². The highest BCUT2D eigenvalue weighted by atomic mass is 35.5. The lowest BCUT2D eigenvalue weighted by atomic mass is 10.0. The van der Waals surface area contributed by atoms with E-state index in [0.29, 0.717) is 6.42 Å². The van der Waals surface area contributed by atoms with Crippen molar-refractivity contribution in [2.75, 3.05) is 6.61 Å². The van der Waals surface area contributed by atoms with Crippen LogP contribution in [0, 0.1) is 0 Å². The van der Waals surface area contributed by atoms with Gasteiger partial charge in [0.05, 0.1) is 6.42 Å². The first-order chi connectivity index (χ1) is 7.72. The zero-order valence-corrected chi connectivity index (χ0v) is 10.5. The molecule has 0 heterocycles. The van der Waals surface area contributed by atoms with E-state index >= 15 is 0 Å². The van der Waals surface area contributed by atoms with Crippen LogP contribution in [0.1, 0.15) is 12.0 Å². The van der Waals surface area contributed by atoms with Crippen LogP contribution in [-0.2, 0) is 16.0 Å². The molecule has 0 amide bonds. The number of hydrogen-bond acceptors (Lipinski definition) is 3. The largest absolute Gasteiger partial charge is 0.461 e. The second-order valence-corrected chi connectivity index (χ2v) is 3.63. The van der Waals surface area contributed by atoms with E-state index in [9.17, 15) is 4.79 Å². The van der Waals surface area contributed by atoms with Gasteiger partial charge in [0.15, 0.2) is 0 Å². The number of benzene rings is 1.